The lowest BCUT2D eigenvalue weighted by Gasteiger charge is -2.32. The van der Waals surface area contributed by atoms with Crippen LogP contribution in [0.1, 0.15) is 55.1 Å². The normalized spacial score (nSPS) is 14.6. The van der Waals surface area contributed by atoms with E-state index in [2.05, 4.69) is 21.2 Å². The topological polar surface area (TPSA) is 124 Å². The molecule has 1 aliphatic heterocycles. The average Bonchev–Trinajstić information content (AvgIpc) is 3.12. The van der Waals surface area contributed by atoms with Crippen molar-refractivity contribution in [2.75, 3.05) is 19.6 Å². The maximum Gasteiger partial charge on any atom is 0.340 e. The summed E-state index contributed by atoms with van der Waals surface area (Å²) in [4.78, 5) is 64.5. The summed E-state index contributed by atoms with van der Waals surface area (Å²) < 4.78 is 14.0. The van der Waals surface area contributed by atoms with Crippen LogP contribution in [-0.4, -0.2) is 51.9 Å². The van der Waals surface area contributed by atoms with E-state index < -0.39 is 24.9 Å². The van der Waals surface area contributed by atoms with Gasteiger partial charge in [0.25, 0.3) is 11.8 Å². The Morgan fingerprint density at radius 3 is 2.06 bits per heavy atom. The van der Waals surface area contributed by atoms with Crippen molar-refractivity contribution in [2.24, 2.45) is 5.92 Å². The number of ketones is 1. The van der Waals surface area contributed by atoms with E-state index in [1.165, 1.54) is 0 Å². The Morgan fingerprint density at radius 1 is 0.740 bits per heavy atom. The molecule has 0 saturated carbocycles. The van der Waals surface area contributed by atoms with E-state index in [1.54, 1.807) is 48.5 Å². The van der Waals surface area contributed by atoms with E-state index in [1.807, 2.05) is 71.6 Å². The first-order valence-corrected chi connectivity index (χ1v) is 18.9. The molecule has 2 amide bonds. The second-order valence-electron chi connectivity index (χ2n) is 12.8. The molecular weight excluding hydrogens is 715 g/mol. The fourth-order valence-corrected chi connectivity index (χ4v) is 8.36. The fraction of sp³-hybridized carbons (Fsp3) is 0.175. The van der Waals surface area contributed by atoms with Crippen LogP contribution in [0.3, 0.4) is 0 Å². The van der Waals surface area contributed by atoms with Crippen molar-refractivity contribution in [3.05, 3.63) is 142 Å². The lowest BCUT2D eigenvalue weighted by atomic mass is 9.92. The first kappa shape index (κ1) is 33.8. The predicted octanol–water partition coefficient (Wildman–Crippen LogP) is 8.29. The Bertz CT molecular complexity index is 2340. The molecule has 6 aromatic carbocycles. The van der Waals surface area contributed by atoms with E-state index >= 15 is 0 Å². The summed E-state index contributed by atoms with van der Waals surface area (Å²) in [7, 11) is -5.04. The van der Waals surface area contributed by atoms with Gasteiger partial charge in [-0.15, -0.1) is 0 Å². The summed E-state index contributed by atoms with van der Waals surface area (Å²) in [6.07, 6.45) is 1.38. The van der Waals surface area contributed by atoms with Gasteiger partial charge in [-0.3, -0.25) is 18.9 Å². The number of Topliss-reactive ketones (excluding diaryl/α,β-unsaturated/α-hetero) is 1. The number of carbonyl (C=O) groups excluding carboxylic acids is 3. The molecule has 10 heteroatoms. The molecule has 0 bridgehead atoms. The quantitative estimate of drug-likeness (QED) is 0.106. The van der Waals surface area contributed by atoms with Gasteiger partial charge in [0.15, 0.2) is 5.78 Å². The van der Waals surface area contributed by atoms with E-state index in [0.717, 1.165) is 26.0 Å². The highest BCUT2D eigenvalue weighted by Gasteiger charge is 2.40. The molecule has 0 radical (unpaired) electrons. The van der Waals surface area contributed by atoms with E-state index in [-0.39, 0.29) is 28.5 Å². The van der Waals surface area contributed by atoms with Gasteiger partial charge in [0.05, 0.1) is 5.56 Å². The maximum atomic E-state index is 14.3. The molecule has 50 heavy (non-hydrogen) atoms. The second kappa shape index (κ2) is 13.9. The van der Waals surface area contributed by atoms with E-state index in [9.17, 15) is 28.7 Å². The Balaban J connectivity index is 1.10. The maximum absolute atomic E-state index is 14.3. The zero-order chi connectivity index (χ0) is 35.0. The average molecular weight is 750 g/mol. The number of rotatable bonds is 8. The smallest absolute Gasteiger partial charge is 0.340 e. The molecule has 1 heterocycles. The number of hydrogen-bond donors (Lipinski definition) is 3. The molecule has 1 unspecified atom stereocenters. The minimum absolute atomic E-state index is 0.0255. The zero-order valence-corrected chi connectivity index (χ0v) is 29.4. The van der Waals surface area contributed by atoms with Gasteiger partial charge < -0.3 is 20.0 Å². The molecule has 6 aromatic rings. The summed E-state index contributed by atoms with van der Waals surface area (Å²) in [5.74, 6) is -1.24. The number of nitrogens with zero attached hydrogens (tertiary/aromatic N) is 1. The number of hydrogen-bond acceptors (Lipinski definition) is 4. The monoisotopic (exact) mass is 748 g/mol. The van der Waals surface area contributed by atoms with Crippen molar-refractivity contribution in [3.63, 3.8) is 0 Å². The Morgan fingerprint density at radius 2 is 1.34 bits per heavy atom. The van der Waals surface area contributed by atoms with Gasteiger partial charge in [-0.1, -0.05) is 94.8 Å². The van der Waals surface area contributed by atoms with Crippen LogP contribution in [0.15, 0.2) is 120 Å². The van der Waals surface area contributed by atoms with Gasteiger partial charge in [0.2, 0.25) is 0 Å². The number of amides is 2. The van der Waals surface area contributed by atoms with Crippen molar-refractivity contribution < 1.29 is 28.7 Å². The number of piperidine rings is 1. The van der Waals surface area contributed by atoms with Crippen molar-refractivity contribution >= 4 is 73.4 Å². The van der Waals surface area contributed by atoms with Crippen LogP contribution in [0.4, 0.5) is 0 Å². The van der Waals surface area contributed by atoms with Crippen LogP contribution in [0.2, 0.25) is 0 Å². The highest BCUT2D eigenvalue weighted by Crippen LogP contribution is 2.55. The number of nitrogens with one attached hydrogen (secondary N) is 1. The fourth-order valence-electron chi connectivity index (χ4n) is 6.95. The molecule has 8 nitrogen and oxygen atoms in total. The molecule has 1 saturated heterocycles. The number of likely N-dealkylation sites (tertiary alicyclic amines) is 1. The molecule has 1 atom stereocenters. The second-order valence-corrected chi connectivity index (χ2v) is 15.4. The van der Waals surface area contributed by atoms with Crippen LogP contribution in [0.5, 0.6) is 0 Å². The first-order chi connectivity index (χ1) is 24.1. The van der Waals surface area contributed by atoms with Crippen molar-refractivity contribution in [3.8, 4) is 0 Å². The number of fused-ring (bicyclic) bond motifs is 3. The Labute approximate surface area is 297 Å². The van der Waals surface area contributed by atoms with Crippen molar-refractivity contribution in [2.45, 2.75) is 18.5 Å². The summed E-state index contributed by atoms with van der Waals surface area (Å²) >= 11 is 3.49. The summed E-state index contributed by atoms with van der Waals surface area (Å²) in [6, 6.07) is 34.2. The third-order valence-electron chi connectivity index (χ3n) is 9.60. The molecule has 0 aliphatic carbocycles. The van der Waals surface area contributed by atoms with Gasteiger partial charge in [-0.05, 0) is 93.0 Å². The SMILES string of the molecule is O=C(NCC1CCN(C(=O)c2ccc3cc(Br)ccc3c2)CC1)c1cc2ccccc2cc1C(=O)C(c1cccc2ccccc12)P(=O)(O)O. The highest BCUT2D eigenvalue weighted by atomic mass is 79.9. The predicted molar refractivity (Wildman–Crippen MR) is 200 cm³/mol. The molecule has 1 fully saturated rings. The Kier molecular flexibility index (Phi) is 9.42. The van der Waals surface area contributed by atoms with Gasteiger partial charge in [-0.2, -0.15) is 0 Å². The van der Waals surface area contributed by atoms with Crippen LogP contribution in [-0.2, 0) is 4.57 Å². The minimum Gasteiger partial charge on any atom is -0.352 e. The van der Waals surface area contributed by atoms with Crippen molar-refractivity contribution in [1.29, 1.82) is 0 Å². The van der Waals surface area contributed by atoms with E-state index in [0.29, 0.717) is 48.8 Å². The summed E-state index contributed by atoms with van der Waals surface area (Å²) in [5, 5.41) is 7.72. The minimum atomic E-state index is -5.04. The van der Waals surface area contributed by atoms with Crippen LogP contribution in [0, 0.1) is 5.92 Å². The Hall–Kier alpha value is -4.66. The molecule has 0 spiro atoms. The molecule has 252 valence electrons. The van der Waals surface area contributed by atoms with Crippen LogP contribution >= 0.6 is 23.5 Å². The molecule has 7 rings (SSSR count). The lowest BCUT2D eigenvalue weighted by molar-refractivity contribution is 0.0684. The molecule has 1 aliphatic rings. The molecular formula is C40H34BrN2O6P. The molecule has 0 aromatic heterocycles. The lowest BCUT2D eigenvalue weighted by Crippen LogP contribution is -2.41. The summed E-state index contributed by atoms with van der Waals surface area (Å²) in [6.45, 7) is 1.43. The van der Waals surface area contributed by atoms with Crippen molar-refractivity contribution in [1.82, 2.24) is 10.2 Å². The van der Waals surface area contributed by atoms with Gasteiger partial charge >= 0.3 is 7.60 Å². The van der Waals surface area contributed by atoms with Gasteiger partial charge in [-0.25, -0.2) is 0 Å². The third kappa shape index (κ3) is 6.87. The standard InChI is InChI=1S/C40H34BrN2O6P/c41-32-15-14-29-20-31(13-12-30(29)21-32)40(46)43-18-16-25(17-19-43)24-42-39(45)36-23-28-8-2-1-7-27(28)22-35(36)37(44)38(50(47,48)49)34-11-5-9-26-6-3-4-10-33(26)34/h1-15,20-23,25,38H,16-19,24H2,(H,42,45)(H2,47,48,49). The summed E-state index contributed by atoms with van der Waals surface area (Å²) in [5.41, 5.74) is -0.946. The number of halogens is 1. The van der Waals surface area contributed by atoms with Crippen LogP contribution in [0.25, 0.3) is 32.3 Å². The number of benzene rings is 6. The largest absolute Gasteiger partial charge is 0.352 e. The zero-order valence-electron chi connectivity index (χ0n) is 27.0. The van der Waals surface area contributed by atoms with E-state index in [4.69, 9.17) is 0 Å². The van der Waals surface area contributed by atoms with Crippen LogP contribution < -0.4 is 5.32 Å². The first-order valence-electron chi connectivity index (χ1n) is 16.4. The van der Waals surface area contributed by atoms with Gasteiger partial charge in [0.1, 0.15) is 5.66 Å². The third-order valence-corrected chi connectivity index (χ3v) is 11.3. The highest BCUT2D eigenvalue weighted by molar-refractivity contribution is 9.10. The molecule has 3 N–H and O–H groups in total. The number of carbonyl (C=O) groups is 3. The van der Waals surface area contributed by atoms with Gasteiger partial charge in [0, 0.05) is 35.2 Å².